The van der Waals surface area contributed by atoms with Crippen LogP contribution in [0.1, 0.15) is 20.8 Å². The summed E-state index contributed by atoms with van der Waals surface area (Å²) in [6.45, 7) is 6.28. The first-order valence-electron chi connectivity index (χ1n) is 9.76. The van der Waals surface area contributed by atoms with Gasteiger partial charge in [-0.2, -0.15) is 13.2 Å². The van der Waals surface area contributed by atoms with E-state index in [1.165, 1.54) is 11.9 Å². The molecule has 0 saturated heterocycles. The SMILES string of the molecule is CN(CCO[Si](c1ccccc1)(c1ccccc1)C(C)(C)C)C(CN)C(F)(F)F.Cl. The van der Waals surface area contributed by atoms with E-state index in [0.29, 0.717) is 0 Å². The molecule has 0 aliphatic heterocycles. The minimum absolute atomic E-state index is 0. The molecule has 30 heavy (non-hydrogen) atoms. The second-order valence-electron chi connectivity index (χ2n) is 8.29. The highest BCUT2D eigenvalue weighted by atomic mass is 35.5. The van der Waals surface area contributed by atoms with Crippen LogP contribution in [0.15, 0.2) is 60.7 Å². The number of halogens is 4. The van der Waals surface area contributed by atoms with E-state index in [1.54, 1.807) is 0 Å². The van der Waals surface area contributed by atoms with Gasteiger partial charge >= 0.3 is 6.18 Å². The fraction of sp³-hybridized carbons (Fsp3) is 0.455. The quantitative estimate of drug-likeness (QED) is 0.609. The van der Waals surface area contributed by atoms with Gasteiger partial charge in [-0.05, 0) is 22.5 Å². The lowest BCUT2D eigenvalue weighted by Gasteiger charge is -2.43. The van der Waals surface area contributed by atoms with E-state index in [1.807, 2.05) is 36.4 Å². The maximum absolute atomic E-state index is 13.2. The van der Waals surface area contributed by atoms with Crippen LogP contribution in [0.4, 0.5) is 13.2 Å². The van der Waals surface area contributed by atoms with Gasteiger partial charge in [0.25, 0.3) is 8.32 Å². The zero-order chi connectivity index (χ0) is 21.7. The first-order chi connectivity index (χ1) is 13.5. The van der Waals surface area contributed by atoms with Crippen molar-refractivity contribution in [1.29, 1.82) is 0 Å². The van der Waals surface area contributed by atoms with Gasteiger partial charge in [-0.15, -0.1) is 12.4 Å². The molecule has 0 amide bonds. The minimum atomic E-state index is -4.36. The van der Waals surface area contributed by atoms with Crippen molar-refractivity contribution in [1.82, 2.24) is 4.90 Å². The summed E-state index contributed by atoms with van der Waals surface area (Å²) in [4.78, 5) is 1.23. The molecule has 8 heteroatoms. The van der Waals surface area contributed by atoms with E-state index in [0.717, 1.165) is 10.4 Å². The van der Waals surface area contributed by atoms with Crippen molar-refractivity contribution in [2.75, 3.05) is 26.7 Å². The highest BCUT2D eigenvalue weighted by molar-refractivity contribution is 6.99. The van der Waals surface area contributed by atoms with Gasteiger partial charge in [0.05, 0.1) is 0 Å². The summed E-state index contributed by atoms with van der Waals surface area (Å²) in [5.41, 5.74) is 5.37. The fourth-order valence-electron chi connectivity index (χ4n) is 3.82. The number of rotatable bonds is 8. The summed E-state index contributed by atoms with van der Waals surface area (Å²) in [7, 11) is -1.30. The van der Waals surface area contributed by atoms with Gasteiger partial charge in [0.15, 0.2) is 0 Å². The molecule has 0 aliphatic rings. The monoisotopic (exact) mass is 460 g/mol. The van der Waals surface area contributed by atoms with E-state index in [4.69, 9.17) is 10.2 Å². The molecule has 0 aromatic heterocycles. The Morgan fingerprint density at radius 1 is 0.933 bits per heavy atom. The predicted octanol–water partition coefficient (Wildman–Crippen LogP) is 3.81. The molecule has 0 heterocycles. The highest BCUT2D eigenvalue weighted by Gasteiger charge is 2.50. The number of nitrogens with zero attached hydrogens (tertiary/aromatic N) is 1. The van der Waals surface area contributed by atoms with Gasteiger partial charge < -0.3 is 10.2 Å². The van der Waals surface area contributed by atoms with Crippen LogP contribution in [0.3, 0.4) is 0 Å². The Hall–Kier alpha value is -1.38. The summed E-state index contributed by atoms with van der Waals surface area (Å²) >= 11 is 0. The van der Waals surface area contributed by atoms with Crippen LogP contribution in [0.2, 0.25) is 5.04 Å². The molecule has 0 radical (unpaired) electrons. The van der Waals surface area contributed by atoms with Crippen LogP contribution in [-0.4, -0.2) is 52.2 Å². The predicted molar refractivity (Wildman–Crippen MR) is 122 cm³/mol. The van der Waals surface area contributed by atoms with E-state index in [9.17, 15) is 13.2 Å². The molecule has 0 saturated carbocycles. The van der Waals surface area contributed by atoms with Gasteiger partial charge in [-0.1, -0.05) is 81.4 Å². The van der Waals surface area contributed by atoms with Crippen LogP contribution >= 0.6 is 12.4 Å². The van der Waals surface area contributed by atoms with E-state index in [2.05, 4.69) is 45.0 Å². The molecule has 0 bridgehead atoms. The number of benzene rings is 2. The highest BCUT2D eigenvalue weighted by Crippen LogP contribution is 2.36. The minimum Gasteiger partial charge on any atom is -0.406 e. The second-order valence-corrected chi connectivity index (χ2v) is 12.6. The lowest BCUT2D eigenvalue weighted by atomic mass is 10.2. The van der Waals surface area contributed by atoms with E-state index >= 15 is 0 Å². The Bertz CT molecular complexity index is 715. The Balaban J connectivity index is 0.00000450. The van der Waals surface area contributed by atoms with Crippen molar-refractivity contribution >= 4 is 31.1 Å². The number of hydrogen-bond donors (Lipinski definition) is 1. The van der Waals surface area contributed by atoms with Crippen LogP contribution in [-0.2, 0) is 4.43 Å². The van der Waals surface area contributed by atoms with Crippen molar-refractivity contribution in [2.24, 2.45) is 5.73 Å². The average Bonchev–Trinajstić information content (AvgIpc) is 2.65. The van der Waals surface area contributed by atoms with Crippen LogP contribution in [0, 0.1) is 0 Å². The van der Waals surface area contributed by atoms with Gasteiger partial charge in [0.1, 0.15) is 6.04 Å². The molecule has 168 valence electrons. The molecule has 2 aromatic rings. The molecule has 0 fully saturated rings. The maximum atomic E-state index is 13.2. The zero-order valence-corrected chi connectivity index (χ0v) is 19.8. The van der Waals surface area contributed by atoms with Crippen molar-refractivity contribution in [3.8, 4) is 0 Å². The van der Waals surface area contributed by atoms with Crippen LogP contribution in [0.5, 0.6) is 0 Å². The topological polar surface area (TPSA) is 38.5 Å². The molecule has 0 aliphatic carbocycles. The molecule has 0 spiro atoms. The molecule has 3 nitrogen and oxygen atoms in total. The molecule has 2 N–H and O–H groups in total. The number of hydrogen-bond acceptors (Lipinski definition) is 3. The van der Waals surface area contributed by atoms with Crippen molar-refractivity contribution in [2.45, 2.75) is 38.0 Å². The molecule has 1 atom stereocenters. The second kappa shape index (κ2) is 10.8. The largest absolute Gasteiger partial charge is 0.406 e. The molecular formula is C22H32ClF3N2OSi. The summed E-state index contributed by atoms with van der Waals surface area (Å²) in [5, 5.41) is 1.99. The molecule has 2 rings (SSSR count). The molecular weight excluding hydrogens is 429 g/mol. The van der Waals surface area contributed by atoms with Crippen LogP contribution < -0.4 is 16.1 Å². The Morgan fingerprint density at radius 2 is 1.37 bits per heavy atom. The number of alkyl halides is 3. The third kappa shape index (κ3) is 5.86. The third-order valence-corrected chi connectivity index (χ3v) is 10.4. The van der Waals surface area contributed by atoms with Gasteiger partial charge in [0, 0.05) is 19.7 Å². The summed E-state index contributed by atoms with van der Waals surface area (Å²) in [6.07, 6.45) is -4.36. The lowest BCUT2D eigenvalue weighted by molar-refractivity contribution is -0.178. The van der Waals surface area contributed by atoms with Crippen molar-refractivity contribution in [3.05, 3.63) is 60.7 Å². The average molecular weight is 461 g/mol. The first kappa shape index (κ1) is 26.7. The maximum Gasteiger partial charge on any atom is 0.405 e. The van der Waals surface area contributed by atoms with Crippen molar-refractivity contribution in [3.63, 3.8) is 0 Å². The van der Waals surface area contributed by atoms with Crippen molar-refractivity contribution < 1.29 is 17.6 Å². The van der Waals surface area contributed by atoms with Gasteiger partial charge in [0.2, 0.25) is 0 Å². The number of likely N-dealkylation sites (N-methyl/N-ethyl adjacent to an activating group) is 1. The Morgan fingerprint density at radius 3 is 1.70 bits per heavy atom. The van der Waals surface area contributed by atoms with Gasteiger partial charge in [-0.3, -0.25) is 4.90 Å². The lowest BCUT2D eigenvalue weighted by Crippen LogP contribution is -2.67. The fourth-order valence-corrected chi connectivity index (χ4v) is 8.38. The zero-order valence-electron chi connectivity index (χ0n) is 17.9. The Kier molecular flexibility index (Phi) is 9.57. The van der Waals surface area contributed by atoms with E-state index < -0.39 is 27.1 Å². The van der Waals surface area contributed by atoms with Crippen LogP contribution in [0.25, 0.3) is 0 Å². The summed E-state index contributed by atoms with van der Waals surface area (Å²) < 4.78 is 46.2. The number of nitrogens with two attached hydrogens (primary N) is 1. The summed E-state index contributed by atoms with van der Waals surface area (Å²) in [6, 6.07) is 18.4. The smallest absolute Gasteiger partial charge is 0.405 e. The standard InChI is InChI=1S/C22H31F3N2OSi.ClH/c1-21(2,3)29(18-11-7-5-8-12-18,19-13-9-6-10-14-19)28-16-15-27(4)20(17-26)22(23,24)25;/h5-14,20H,15-17,26H2,1-4H3;1H. The first-order valence-corrected chi connectivity index (χ1v) is 11.7. The Labute approximate surface area is 185 Å². The molecule has 2 aromatic carbocycles. The molecule has 1 unspecified atom stereocenters. The third-order valence-electron chi connectivity index (χ3n) is 5.31. The normalized spacial score (nSPS) is 13.8. The summed E-state index contributed by atoms with van der Waals surface area (Å²) in [5.74, 6) is 0. The van der Waals surface area contributed by atoms with E-state index in [-0.39, 0.29) is 30.6 Å². The van der Waals surface area contributed by atoms with Gasteiger partial charge in [-0.25, -0.2) is 0 Å².